The van der Waals surface area contributed by atoms with Crippen LogP contribution in [0.15, 0.2) is 36.7 Å². The molecule has 0 N–H and O–H groups in total. The van der Waals surface area contributed by atoms with Crippen molar-refractivity contribution >= 4 is 5.78 Å². The van der Waals surface area contributed by atoms with Gasteiger partial charge in [0.05, 0.1) is 0 Å². The van der Waals surface area contributed by atoms with Gasteiger partial charge < -0.3 is 0 Å². The first kappa shape index (κ1) is 10.4. The Morgan fingerprint density at radius 1 is 1.25 bits per heavy atom. The molecular weight excluding hydrogens is 207 g/mol. The van der Waals surface area contributed by atoms with Crippen LogP contribution in [0.1, 0.15) is 21.7 Å². The second kappa shape index (κ2) is 4.18. The average molecular weight is 216 g/mol. The lowest BCUT2D eigenvalue weighted by atomic mass is 10.0. The predicted octanol–water partition coefficient (Wildman–Crippen LogP) is 2.16. The SMILES string of the molecule is Cc1cc(F)ccc1C(=O)c1ncccn1. The van der Waals surface area contributed by atoms with Gasteiger partial charge in [0.15, 0.2) is 0 Å². The van der Waals surface area contributed by atoms with Gasteiger partial charge >= 0.3 is 0 Å². The molecule has 0 amide bonds. The number of ketones is 1. The molecule has 0 spiro atoms. The number of aromatic nitrogens is 2. The van der Waals surface area contributed by atoms with Gasteiger partial charge in [0.2, 0.25) is 11.6 Å². The van der Waals surface area contributed by atoms with Crippen LogP contribution >= 0.6 is 0 Å². The van der Waals surface area contributed by atoms with Crippen LogP contribution in [0.4, 0.5) is 4.39 Å². The second-order valence-corrected chi connectivity index (χ2v) is 3.36. The van der Waals surface area contributed by atoms with Crippen LogP contribution in [0.5, 0.6) is 0 Å². The molecule has 3 nitrogen and oxygen atoms in total. The average Bonchev–Trinajstić information content (AvgIpc) is 2.29. The highest BCUT2D eigenvalue weighted by Gasteiger charge is 2.14. The van der Waals surface area contributed by atoms with Crippen LogP contribution in [0.2, 0.25) is 0 Å². The van der Waals surface area contributed by atoms with E-state index in [4.69, 9.17) is 0 Å². The third-order valence-electron chi connectivity index (χ3n) is 2.20. The van der Waals surface area contributed by atoms with Crippen molar-refractivity contribution in [2.75, 3.05) is 0 Å². The number of carbonyl (C=O) groups is 1. The van der Waals surface area contributed by atoms with Gasteiger partial charge in [-0.2, -0.15) is 0 Å². The van der Waals surface area contributed by atoms with Crippen molar-refractivity contribution in [3.05, 3.63) is 59.4 Å². The fourth-order valence-electron chi connectivity index (χ4n) is 1.42. The van der Waals surface area contributed by atoms with Gasteiger partial charge in [-0.25, -0.2) is 14.4 Å². The molecule has 0 atom stereocenters. The molecule has 0 aliphatic rings. The largest absolute Gasteiger partial charge is 0.285 e. The molecule has 1 aromatic carbocycles. The molecular formula is C12H9FN2O. The Labute approximate surface area is 92.0 Å². The van der Waals surface area contributed by atoms with Crippen molar-refractivity contribution < 1.29 is 9.18 Å². The summed E-state index contributed by atoms with van der Waals surface area (Å²) >= 11 is 0. The van der Waals surface area contributed by atoms with E-state index in [9.17, 15) is 9.18 Å². The van der Waals surface area contributed by atoms with E-state index in [-0.39, 0.29) is 17.4 Å². The smallest absolute Gasteiger partial charge is 0.230 e. The van der Waals surface area contributed by atoms with E-state index in [1.807, 2.05) is 0 Å². The molecule has 0 unspecified atom stereocenters. The zero-order valence-corrected chi connectivity index (χ0v) is 8.64. The van der Waals surface area contributed by atoms with Crippen LogP contribution < -0.4 is 0 Å². The Morgan fingerprint density at radius 2 is 1.94 bits per heavy atom. The molecule has 2 aromatic rings. The zero-order valence-electron chi connectivity index (χ0n) is 8.64. The first-order chi connectivity index (χ1) is 7.68. The molecule has 1 heterocycles. The van der Waals surface area contributed by atoms with Crippen LogP contribution in [0, 0.1) is 12.7 Å². The third-order valence-corrected chi connectivity index (χ3v) is 2.20. The fraction of sp³-hybridized carbons (Fsp3) is 0.0833. The van der Waals surface area contributed by atoms with Gasteiger partial charge in [0.1, 0.15) is 5.82 Å². The summed E-state index contributed by atoms with van der Waals surface area (Å²) in [7, 11) is 0. The number of halogens is 1. The number of nitrogens with zero attached hydrogens (tertiary/aromatic N) is 2. The molecule has 0 fully saturated rings. The molecule has 80 valence electrons. The Balaban J connectivity index is 2.42. The molecule has 0 bridgehead atoms. The van der Waals surface area contributed by atoms with Crippen molar-refractivity contribution in [3.63, 3.8) is 0 Å². The molecule has 0 saturated heterocycles. The van der Waals surface area contributed by atoms with Crippen molar-refractivity contribution in [2.45, 2.75) is 6.92 Å². The van der Waals surface area contributed by atoms with Gasteiger partial charge in [0, 0.05) is 18.0 Å². The summed E-state index contributed by atoms with van der Waals surface area (Å²) in [6.07, 6.45) is 3.00. The maximum absolute atomic E-state index is 12.9. The first-order valence-corrected chi connectivity index (χ1v) is 4.76. The summed E-state index contributed by atoms with van der Waals surface area (Å²) < 4.78 is 12.9. The zero-order chi connectivity index (χ0) is 11.5. The van der Waals surface area contributed by atoms with Crippen molar-refractivity contribution in [2.24, 2.45) is 0 Å². The van der Waals surface area contributed by atoms with Crippen molar-refractivity contribution in [1.29, 1.82) is 0 Å². The molecule has 0 aliphatic carbocycles. The number of carbonyl (C=O) groups excluding carboxylic acids is 1. The van der Waals surface area contributed by atoms with Gasteiger partial charge in [-0.05, 0) is 36.8 Å². The monoisotopic (exact) mass is 216 g/mol. The lowest BCUT2D eigenvalue weighted by Gasteiger charge is -2.03. The number of hydrogen-bond acceptors (Lipinski definition) is 3. The van der Waals surface area contributed by atoms with E-state index in [0.29, 0.717) is 11.1 Å². The Morgan fingerprint density at radius 3 is 2.56 bits per heavy atom. The predicted molar refractivity (Wildman–Crippen MR) is 56.6 cm³/mol. The molecule has 2 rings (SSSR count). The number of rotatable bonds is 2. The Hall–Kier alpha value is -2.10. The summed E-state index contributed by atoms with van der Waals surface area (Å²) in [4.78, 5) is 19.7. The highest BCUT2D eigenvalue weighted by Crippen LogP contribution is 2.13. The van der Waals surface area contributed by atoms with Gasteiger partial charge in [0.25, 0.3) is 0 Å². The normalized spacial score (nSPS) is 10.1. The second-order valence-electron chi connectivity index (χ2n) is 3.36. The summed E-state index contributed by atoms with van der Waals surface area (Å²) in [5.74, 6) is -0.529. The van der Waals surface area contributed by atoms with Crippen LogP contribution in [-0.2, 0) is 0 Å². The number of hydrogen-bond donors (Lipinski definition) is 0. The van der Waals surface area contributed by atoms with E-state index < -0.39 is 0 Å². The van der Waals surface area contributed by atoms with Gasteiger partial charge in [-0.15, -0.1) is 0 Å². The highest BCUT2D eigenvalue weighted by atomic mass is 19.1. The highest BCUT2D eigenvalue weighted by molar-refractivity contribution is 6.07. The van der Waals surface area contributed by atoms with Gasteiger partial charge in [-0.3, -0.25) is 4.79 Å². The summed E-state index contributed by atoms with van der Waals surface area (Å²) in [6, 6.07) is 5.65. The van der Waals surface area contributed by atoms with Gasteiger partial charge in [-0.1, -0.05) is 0 Å². The van der Waals surface area contributed by atoms with E-state index in [0.717, 1.165) is 0 Å². The first-order valence-electron chi connectivity index (χ1n) is 4.76. The van der Waals surface area contributed by atoms with E-state index in [2.05, 4.69) is 9.97 Å². The Bertz CT molecular complexity index is 526. The van der Waals surface area contributed by atoms with E-state index in [1.54, 1.807) is 13.0 Å². The standard InChI is InChI=1S/C12H9FN2O/c1-8-7-9(13)3-4-10(8)11(16)12-14-5-2-6-15-12/h2-7H,1H3. The third kappa shape index (κ3) is 1.95. The lowest BCUT2D eigenvalue weighted by Crippen LogP contribution is -2.08. The summed E-state index contributed by atoms with van der Waals surface area (Å²) in [5.41, 5.74) is 1.00. The molecule has 0 radical (unpaired) electrons. The number of aryl methyl sites for hydroxylation is 1. The maximum atomic E-state index is 12.9. The van der Waals surface area contributed by atoms with Crippen LogP contribution in [-0.4, -0.2) is 15.8 Å². The molecule has 4 heteroatoms. The topological polar surface area (TPSA) is 42.9 Å². The minimum atomic E-state index is -0.358. The summed E-state index contributed by atoms with van der Waals surface area (Å²) in [6.45, 7) is 1.68. The summed E-state index contributed by atoms with van der Waals surface area (Å²) in [5, 5.41) is 0. The van der Waals surface area contributed by atoms with E-state index in [1.165, 1.54) is 30.6 Å². The van der Waals surface area contributed by atoms with Crippen LogP contribution in [0.3, 0.4) is 0 Å². The maximum Gasteiger partial charge on any atom is 0.230 e. The fourth-order valence-corrected chi connectivity index (χ4v) is 1.42. The Kier molecular flexibility index (Phi) is 2.72. The van der Waals surface area contributed by atoms with E-state index >= 15 is 0 Å². The molecule has 0 aliphatic heterocycles. The minimum Gasteiger partial charge on any atom is -0.285 e. The molecule has 16 heavy (non-hydrogen) atoms. The van der Waals surface area contributed by atoms with Crippen molar-refractivity contribution in [1.82, 2.24) is 9.97 Å². The lowest BCUT2D eigenvalue weighted by molar-refractivity contribution is 0.102. The molecule has 1 aromatic heterocycles. The minimum absolute atomic E-state index is 0.122. The quantitative estimate of drug-likeness (QED) is 0.722. The van der Waals surface area contributed by atoms with Crippen LogP contribution in [0.25, 0.3) is 0 Å². The number of benzene rings is 1. The van der Waals surface area contributed by atoms with Crippen molar-refractivity contribution in [3.8, 4) is 0 Å². The molecule has 0 saturated carbocycles.